The zero-order valence-corrected chi connectivity index (χ0v) is 10.7. The fourth-order valence-corrected chi connectivity index (χ4v) is 3.08. The van der Waals surface area contributed by atoms with E-state index in [2.05, 4.69) is 4.90 Å². The molecule has 2 aliphatic heterocycles. The number of hydrogen-bond donors (Lipinski definition) is 1. The minimum atomic E-state index is 0.245. The molecule has 0 aliphatic carbocycles. The molecule has 17 heavy (non-hydrogen) atoms. The molecule has 2 N–H and O–H groups in total. The van der Waals surface area contributed by atoms with Crippen molar-refractivity contribution in [3.8, 4) is 0 Å². The van der Waals surface area contributed by atoms with Gasteiger partial charge in [0, 0.05) is 32.1 Å². The molecule has 4 heteroatoms. The van der Waals surface area contributed by atoms with E-state index in [1.54, 1.807) is 0 Å². The van der Waals surface area contributed by atoms with Crippen LogP contribution in [-0.4, -0.2) is 54.5 Å². The van der Waals surface area contributed by atoms with E-state index in [0.29, 0.717) is 19.0 Å². The molecule has 0 aromatic carbocycles. The van der Waals surface area contributed by atoms with Crippen molar-refractivity contribution in [1.29, 1.82) is 0 Å². The Hall–Kier alpha value is -0.610. The Balaban J connectivity index is 1.82. The molecule has 1 atom stereocenters. The summed E-state index contributed by atoms with van der Waals surface area (Å²) in [6, 6.07) is 0.716. The maximum Gasteiger partial charge on any atom is 0.223 e. The summed E-state index contributed by atoms with van der Waals surface area (Å²) < 4.78 is 0. The standard InChI is InChI=1S/C13H25N3O/c14-7-5-13(17)16-10-3-4-12(6-11-16)15-8-1-2-9-15/h12H,1-11,14H2. The van der Waals surface area contributed by atoms with Gasteiger partial charge in [-0.2, -0.15) is 0 Å². The molecule has 0 aromatic heterocycles. The lowest BCUT2D eigenvalue weighted by Gasteiger charge is -2.26. The van der Waals surface area contributed by atoms with Gasteiger partial charge in [0.1, 0.15) is 0 Å². The van der Waals surface area contributed by atoms with Crippen molar-refractivity contribution in [3.05, 3.63) is 0 Å². The number of nitrogens with zero attached hydrogens (tertiary/aromatic N) is 2. The Morgan fingerprint density at radius 2 is 1.82 bits per heavy atom. The van der Waals surface area contributed by atoms with Crippen LogP contribution >= 0.6 is 0 Å². The fourth-order valence-electron chi connectivity index (χ4n) is 3.08. The highest BCUT2D eigenvalue weighted by molar-refractivity contribution is 5.76. The summed E-state index contributed by atoms with van der Waals surface area (Å²) in [5, 5.41) is 0. The van der Waals surface area contributed by atoms with Gasteiger partial charge in [0.15, 0.2) is 0 Å². The third-order valence-corrected chi connectivity index (χ3v) is 4.07. The molecule has 2 fully saturated rings. The minimum absolute atomic E-state index is 0.245. The highest BCUT2D eigenvalue weighted by Gasteiger charge is 2.25. The van der Waals surface area contributed by atoms with Gasteiger partial charge in [-0.3, -0.25) is 4.79 Å². The zero-order chi connectivity index (χ0) is 12.1. The summed E-state index contributed by atoms with van der Waals surface area (Å²) in [4.78, 5) is 16.4. The fraction of sp³-hybridized carbons (Fsp3) is 0.923. The molecular formula is C13H25N3O. The minimum Gasteiger partial charge on any atom is -0.343 e. The van der Waals surface area contributed by atoms with E-state index >= 15 is 0 Å². The SMILES string of the molecule is NCCC(=O)N1CCCC(N2CCCC2)CC1. The second-order valence-electron chi connectivity index (χ2n) is 5.25. The summed E-state index contributed by atoms with van der Waals surface area (Å²) in [6.45, 7) is 4.87. The van der Waals surface area contributed by atoms with Gasteiger partial charge in [0.2, 0.25) is 5.91 Å². The smallest absolute Gasteiger partial charge is 0.223 e. The number of likely N-dealkylation sites (tertiary alicyclic amines) is 2. The van der Waals surface area contributed by atoms with Crippen LogP contribution in [0.3, 0.4) is 0 Å². The first-order valence-electron chi connectivity index (χ1n) is 7.03. The van der Waals surface area contributed by atoms with Crippen LogP contribution in [0, 0.1) is 0 Å². The van der Waals surface area contributed by atoms with E-state index in [9.17, 15) is 4.79 Å². The molecule has 98 valence electrons. The quantitative estimate of drug-likeness (QED) is 0.793. The number of carbonyl (C=O) groups is 1. The lowest BCUT2D eigenvalue weighted by atomic mass is 10.1. The number of amides is 1. The largest absolute Gasteiger partial charge is 0.343 e. The van der Waals surface area contributed by atoms with Crippen molar-refractivity contribution in [1.82, 2.24) is 9.80 Å². The average molecular weight is 239 g/mol. The Kier molecular flexibility index (Phi) is 4.80. The Morgan fingerprint density at radius 3 is 2.53 bits per heavy atom. The van der Waals surface area contributed by atoms with E-state index < -0.39 is 0 Å². The predicted molar refractivity (Wildman–Crippen MR) is 68.7 cm³/mol. The third-order valence-electron chi connectivity index (χ3n) is 4.07. The first kappa shape index (κ1) is 12.8. The molecule has 2 rings (SSSR count). The monoisotopic (exact) mass is 239 g/mol. The Labute approximate surface area is 104 Å². The highest BCUT2D eigenvalue weighted by Crippen LogP contribution is 2.21. The molecule has 2 aliphatic rings. The van der Waals surface area contributed by atoms with Crippen LogP contribution in [0.25, 0.3) is 0 Å². The second-order valence-corrected chi connectivity index (χ2v) is 5.25. The Morgan fingerprint density at radius 1 is 1.06 bits per heavy atom. The molecule has 1 amide bonds. The van der Waals surface area contributed by atoms with Gasteiger partial charge in [-0.15, -0.1) is 0 Å². The van der Waals surface area contributed by atoms with Gasteiger partial charge < -0.3 is 15.5 Å². The van der Waals surface area contributed by atoms with Crippen molar-refractivity contribution in [2.24, 2.45) is 5.73 Å². The van der Waals surface area contributed by atoms with E-state index in [1.165, 1.54) is 32.4 Å². The number of hydrogen-bond acceptors (Lipinski definition) is 3. The number of rotatable bonds is 3. The molecule has 1 unspecified atom stereocenters. The molecule has 0 saturated carbocycles. The molecule has 4 nitrogen and oxygen atoms in total. The van der Waals surface area contributed by atoms with E-state index in [4.69, 9.17) is 5.73 Å². The molecule has 2 heterocycles. The van der Waals surface area contributed by atoms with Crippen LogP contribution < -0.4 is 5.73 Å². The molecule has 2 saturated heterocycles. The normalized spacial score (nSPS) is 27.1. The van der Waals surface area contributed by atoms with E-state index in [1.807, 2.05) is 4.90 Å². The maximum atomic E-state index is 11.8. The van der Waals surface area contributed by atoms with Crippen LogP contribution in [0.4, 0.5) is 0 Å². The van der Waals surface area contributed by atoms with Crippen molar-refractivity contribution >= 4 is 5.91 Å². The van der Waals surface area contributed by atoms with Crippen molar-refractivity contribution < 1.29 is 4.79 Å². The van der Waals surface area contributed by atoms with Gasteiger partial charge in [0.05, 0.1) is 0 Å². The number of carbonyl (C=O) groups excluding carboxylic acids is 1. The van der Waals surface area contributed by atoms with Gasteiger partial charge >= 0.3 is 0 Å². The van der Waals surface area contributed by atoms with Gasteiger partial charge in [-0.25, -0.2) is 0 Å². The molecular weight excluding hydrogens is 214 g/mol. The highest BCUT2D eigenvalue weighted by atomic mass is 16.2. The Bertz CT molecular complexity index is 251. The first-order valence-corrected chi connectivity index (χ1v) is 7.03. The lowest BCUT2D eigenvalue weighted by Crippen LogP contribution is -2.36. The summed E-state index contributed by atoms with van der Waals surface area (Å²) in [5.41, 5.74) is 5.45. The van der Waals surface area contributed by atoms with Crippen LogP contribution in [0.1, 0.15) is 38.5 Å². The lowest BCUT2D eigenvalue weighted by molar-refractivity contribution is -0.130. The molecule has 0 radical (unpaired) electrons. The van der Waals surface area contributed by atoms with Crippen molar-refractivity contribution in [3.63, 3.8) is 0 Å². The summed E-state index contributed by atoms with van der Waals surface area (Å²) in [6.07, 6.45) is 6.77. The van der Waals surface area contributed by atoms with Gasteiger partial charge in [0.25, 0.3) is 0 Å². The zero-order valence-electron chi connectivity index (χ0n) is 10.7. The summed E-state index contributed by atoms with van der Waals surface area (Å²) in [5.74, 6) is 0.245. The van der Waals surface area contributed by atoms with Gasteiger partial charge in [-0.05, 0) is 45.2 Å². The van der Waals surface area contributed by atoms with Gasteiger partial charge in [-0.1, -0.05) is 0 Å². The molecule has 0 aromatic rings. The van der Waals surface area contributed by atoms with Crippen LogP contribution in [0.5, 0.6) is 0 Å². The first-order chi connectivity index (χ1) is 8.31. The predicted octanol–water partition coefficient (Wildman–Crippen LogP) is 0.812. The second kappa shape index (κ2) is 6.36. The topological polar surface area (TPSA) is 49.6 Å². The van der Waals surface area contributed by atoms with Crippen LogP contribution in [0.15, 0.2) is 0 Å². The summed E-state index contributed by atoms with van der Waals surface area (Å²) in [7, 11) is 0. The van der Waals surface area contributed by atoms with E-state index in [-0.39, 0.29) is 5.91 Å². The summed E-state index contributed by atoms with van der Waals surface area (Å²) >= 11 is 0. The van der Waals surface area contributed by atoms with Crippen molar-refractivity contribution in [2.45, 2.75) is 44.6 Å². The van der Waals surface area contributed by atoms with E-state index in [0.717, 1.165) is 25.9 Å². The van der Waals surface area contributed by atoms with Crippen LogP contribution in [-0.2, 0) is 4.79 Å². The molecule has 0 bridgehead atoms. The maximum absolute atomic E-state index is 11.8. The van der Waals surface area contributed by atoms with Crippen LogP contribution in [0.2, 0.25) is 0 Å². The van der Waals surface area contributed by atoms with Crippen molar-refractivity contribution in [2.75, 3.05) is 32.7 Å². The third kappa shape index (κ3) is 3.42. The number of nitrogens with two attached hydrogens (primary N) is 1. The molecule has 0 spiro atoms. The average Bonchev–Trinajstić information content (AvgIpc) is 2.74.